The van der Waals surface area contributed by atoms with Gasteiger partial charge in [-0.25, -0.2) is 4.98 Å². The first kappa shape index (κ1) is 34.1. The number of para-hydroxylation sites is 5. The van der Waals surface area contributed by atoms with Gasteiger partial charge in [0, 0.05) is 60.7 Å². The zero-order valence-electron chi connectivity index (χ0n) is 48.3. The molecule has 0 aliphatic heterocycles. The van der Waals surface area contributed by atoms with Crippen molar-refractivity contribution in [2.45, 2.75) is 20.3 Å². The molecule has 0 radical (unpaired) electrons. The molecule has 0 spiro atoms. The predicted molar refractivity (Wildman–Crippen MR) is 284 cm³/mol. The Morgan fingerprint density at radius 3 is 1.92 bits per heavy atom. The van der Waals surface area contributed by atoms with Gasteiger partial charge in [0.05, 0.1) is 41.5 Å². The van der Waals surface area contributed by atoms with Crippen LogP contribution in [0.3, 0.4) is 0 Å². The molecule has 0 atom stereocenters. The molecule has 0 unspecified atom stereocenters. The molecule has 0 fully saturated rings. The summed E-state index contributed by atoms with van der Waals surface area (Å²) in [5.41, 5.74) is 7.90. The summed E-state index contributed by atoms with van der Waals surface area (Å²) in [6.07, 6.45) is 6.17. The summed E-state index contributed by atoms with van der Waals surface area (Å²) in [5.74, 6) is 1.96. The van der Waals surface area contributed by atoms with Crippen LogP contribution >= 0.6 is 0 Å². The molecule has 6 nitrogen and oxygen atoms in total. The fourth-order valence-corrected chi connectivity index (χ4v) is 9.84. The van der Waals surface area contributed by atoms with Crippen molar-refractivity contribution in [2.75, 3.05) is 0 Å². The zero-order valence-corrected chi connectivity index (χ0v) is 40.5. The number of pyridine rings is 1. The Morgan fingerprint density at radius 2 is 1.21 bits per heavy atom. The molecule has 4 heterocycles. The number of hydrogen-bond donors (Lipinski definition) is 0. The maximum Gasteiger partial charge on any atom is 0.268 e. The van der Waals surface area contributed by atoms with Crippen molar-refractivity contribution >= 4 is 54.6 Å². The van der Waals surface area contributed by atoms with Crippen molar-refractivity contribution in [1.82, 2.24) is 18.7 Å². The molecule has 0 saturated carbocycles. The number of rotatable bonds is 10. The molecule has 344 valence electrons. The first-order chi connectivity index (χ1) is 38.7. The van der Waals surface area contributed by atoms with Crippen LogP contribution in [-0.4, -0.2) is 18.7 Å². The van der Waals surface area contributed by atoms with Gasteiger partial charge in [-0.3, -0.25) is 4.57 Å². The first-order valence-corrected chi connectivity index (χ1v) is 23.1. The predicted octanol–water partition coefficient (Wildman–Crippen LogP) is 15.2. The standard InChI is InChI=1S/C64H45N5O.Pt/c1-43(2)37-44-35-36-65-63(38-44)69-59-34-31-48(68-57-27-11-9-23-53(57)54-24-10-12-28-58(54)68)40-56(59)55-33-32-50(41-62(55)69)70-49-22-15-21-47(39-49)66-42-67(61-30-14-13-29-60(61)66)64-51(45-17-5-3-6-18-45)25-16-26-52(64)46-19-7-4-8-20-46;/h3-36,38,40,43H,37H2,1-2H3;/q-2;/i3D,4D,5D,6D,7D,8D,17D,18D,19D,20D;. The second kappa shape index (κ2) is 18.2. The van der Waals surface area contributed by atoms with E-state index in [1.165, 1.54) is 16.3 Å². The van der Waals surface area contributed by atoms with Crippen LogP contribution in [0.25, 0.3) is 99.8 Å². The average molecular weight is 1110 g/mol. The fraction of sp³-hybridized carbons (Fsp3) is 0.0625. The first-order valence-electron chi connectivity index (χ1n) is 28.1. The van der Waals surface area contributed by atoms with E-state index in [0.29, 0.717) is 34.1 Å². The molecule has 13 aromatic rings. The molecular formula is C64H45N5OPt-2. The number of fused-ring (bicyclic) bond motifs is 7. The van der Waals surface area contributed by atoms with Gasteiger partial charge >= 0.3 is 0 Å². The van der Waals surface area contributed by atoms with Crippen LogP contribution in [0.4, 0.5) is 0 Å². The summed E-state index contributed by atoms with van der Waals surface area (Å²) in [7, 11) is 0. The van der Waals surface area contributed by atoms with Gasteiger partial charge in [0.1, 0.15) is 5.82 Å². The number of benzene rings is 9. The van der Waals surface area contributed by atoms with Crippen LogP contribution in [0.2, 0.25) is 0 Å². The largest absolute Gasteiger partial charge is 0.510 e. The third-order valence-corrected chi connectivity index (χ3v) is 12.7. The molecule has 13 rings (SSSR count). The van der Waals surface area contributed by atoms with Crippen molar-refractivity contribution in [3.05, 3.63) is 242 Å². The molecule has 71 heavy (non-hydrogen) atoms. The van der Waals surface area contributed by atoms with Crippen LogP contribution in [0.5, 0.6) is 11.5 Å². The van der Waals surface area contributed by atoms with E-state index >= 15 is 0 Å². The van der Waals surface area contributed by atoms with E-state index in [1.807, 2.05) is 54.7 Å². The van der Waals surface area contributed by atoms with Gasteiger partial charge in [0.2, 0.25) is 0 Å². The smallest absolute Gasteiger partial charge is 0.268 e. The summed E-state index contributed by atoms with van der Waals surface area (Å²) in [6.45, 7) is 4.40. The molecule has 0 aliphatic rings. The van der Waals surface area contributed by atoms with Crippen LogP contribution in [-0.2, 0) is 27.5 Å². The van der Waals surface area contributed by atoms with Gasteiger partial charge in [-0.15, -0.1) is 29.7 Å². The molecule has 0 saturated heterocycles. The number of ether oxygens (including phenoxy) is 1. The van der Waals surface area contributed by atoms with Gasteiger partial charge < -0.3 is 18.4 Å². The monoisotopic (exact) mass is 1100 g/mol. The summed E-state index contributed by atoms with van der Waals surface area (Å²) in [4.78, 5) is 4.93. The third kappa shape index (κ3) is 7.72. The molecule has 0 amide bonds. The SMILES string of the molecule is [2H]c1c([2H])c([2H])c(-c2cccc(-c3c([2H])c([2H])c([2H])c([2H])c3[2H])c2-[n+]2[c-]n(-c3[c-]c(Oc4[c-]c5c(cc4)c4cc(-n6c7ccccc7c7ccccc76)ccc4n5-c4cc(CC(C)C)ccn4)ccc3)c3ccccc32)c([2H])c1[2H].[Pt]. The normalized spacial score (nSPS) is 13.6. The number of aromatic nitrogens is 5. The topological polar surface area (TPSA) is 40.8 Å². The maximum atomic E-state index is 9.07. The van der Waals surface area contributed by atoms with Crippen LogP contribution in [0.1, 0.15) is 33.1 Å². The van der Waals surface area contributed by atoms with E-state index in [1.54, 1.807) is 33.4 Å². The van der Waals surface area contributed by atoms with E-state index in [4.69, 9.17) is 23.4 Å². The number of hydrogen-bond acceptors (Lipinski definition) is 2. The van der Waals surface area contributed by atoms with Gasteiger partial charge in [0.25, 0.3) is 6.33 Å². The third-order valence-electron chi connectivity index (χ3n) is 12.7. The molecule has 0 bridgehead atoms. The second-order valence-electron chi connectivity index (χ2n) is 17.6. The Bertz CT molecular complexity index is 4540. The van der Waals surface area contributed by atoms with Gasteiger partial charge in [-0.05, 0) is 93.7 Å². The van der Waals surface area contributed by atoms with Gasteiger partial charge in [-0.1, -0.05) is 159 Å². The quantitative estimate of drug-likeness (QED) is 0.101. The number of nitrogens with zero attached hydrogens (tertiary/aromatic N) is 5. The van der Waals surface area contributed by atoms with Crippen LogP contribution < -0.4 is 9.30 Å². The van der Waals surface area contributed by atoms with Crippen molar-refractivity contribution in [1.29, 1.82) is 0 Å². The van der Waals surface area contributed by atoms with Crippen LogP contribution in [0.15, 0.2) is 218 Å². The van der Waals surface area contributed by atoms with Crippen LogP contribution in [0, 0.1) is 24.4 Å². The minimum Gasteiger partial charge on any atom is -0.510 e. The molecule has 0 aliphatic carbocycles. The minimum absolute atomic E-state index is 0. The Kier molecular flexibility index (Phi) is 8.74. The van der Waals surface area contributed by atoms with E-state index in [-0.39, 0.29) is 49.0 Å². The summed E-state index contributed by atoms with van der Waals surface area (Å²) in [5, 5.41) is 4.31. The Balaban J connectivity index is 0.00000651. The van der Waals surface area contributed by atoms with Crippen molar-refractivity contribution < 1.29 is 44.1 Å². The Labute approximate surface area is 440 Å². The molecule has 4 aromatic heterocycles. The maximum absolute atomic E-state index is 9.07. The molecule has 9 aromatic carbocycles. The summed E-state index contributed by atoms with van der Waals surface area (Å²) < 4.78 is 102. The average Bonchev–Trinajstić information content (AvgIpc) is 4.34. The minimum atomic E-state index is -0.575. The van der Waals surface area contributed by atoms with Crippen molar-refractivity contribution in [3.8, 4) is 56.6 Å². The Morgan fingerprint density at radius 1 is 0.577 bits per heavy atom. The molecule has 7 heteroatoms. The van der Waals surface area contributed by atoms with Crippen molar-refractivity contribution in [3.63, 3.8) is 0 Å². The van der Waals surface area contributed by atoms with E-state index in [2.05, 4.69) is 120 Å². The Hall–Kier alpha value is -8.31. The zero-order chi connectivity index (χ0) is 55.4. The summed E-state index contributed by atoms with van der Waals surface area (Å²) >= 11 is 0. The van der Waals surface area contributed by atoms with E-state index in [0.717, 1.165) is 50.8 Å². The molecule has 0 N–H and O–H groups in total. The summed E-state index contributed by atoms with van der Waals surface area (Å²) in [6, 6.07) is 50.9. The van der Waals surface area contributed by atoms with Crippen molar-refractivity contribution in [2.24, 2.45) is 5.92 Å². The second-order valence-corrected chi connectivity index (χ2v) is 17.6. The fourth-order valence-electron chi connectivity index (χ4n) is 9.84. The van der Waals surface area contributed by atoms with E-state index in [9.17, 15) is 0 Å². The van der Waals surface area contributed by atoms with E-state index < -0.39 is 60.4 Å². The molecular weight excluding hydrogens is 1050 g/mol. The van der Waals surface area contributed by atoms with Gasteiger partial charge in [-0.2, -0.15) is 18.2 Å². The number of imidazole rings is 1. The van der Waals surface area contributed by atoms with Gasteiger partial charge in [0.15, 0.2) is 0 Å².